The van der Waals surface area contributed by atoms with Crippen molar-refractivity contribution in [3.05, 3.63) is 47.0 Å². The fourth-order valence-corrected chi connectivity index (χ4v) is 3.98. The highest BCUT2D eigenvalue weighted by Gasteiger charge is 2.38. The molecular formula is C18H19BN4O2. The normalized spacial score (nSPS) is 23.4. The van der Waals surface area contributed by atoms with Crippen LogP contribution in [0.3, 0.4) is 0 Å². The number of hydrogen-bond acceptors (Lipinski definition) is 5. The van der Waals surface area contributed by atoms with Gasteiger partial charge < -0.3 is 20.0 Å². The Morgan fingerprint density at radius 3 is 3.00 bits per heavy atom. The second-order valence-electron chi connectivity index (χ2n) is 7.02. The predicted molar refractivity (Wildman–Crippen MR) is 97.0 cm³/mol. The number of aryl methyl sites for hydroxylation is 1. The van der Waals surface area contributed by atoms with E-state index in [1.54, 1.807) is 6.20 Å². The number of anilines is 1. The van der Waals surface area contributed by atoms with Crippen LogP contribution in [0.2, 0.25) is 0 Å². The van der Waals surface area contributed by atoms with Gasteiger partial charge in [-0.2, -0.15) is 0 Å². The first kappa shape index (κ1) is 14.8. The molecule has 1 fully saturated rings. The Morgan fingerprint density at radius 1 is 1.32 bits per heavy atom. The summed E-state index contributed by atoms with van der Waals surface area (Å²) in [5.74, 6) is 3.78. The SMILES string of the molecule is Cc1cnc(NC2CC(C3=CB(O)Oc4cnc5c(c43)C=CC5)C2)[nH]1. The Kier molecular flexibility index (Phi) is 3.25. The minimum atomic E-state index is -0.896. The van der Waals surface area contributed by atoms with Crippen molar-refractivity contribution >= 4 is 24.7 Å². The maximum Gasteiger partial charge on any atom is 0.552 e. The van der Waals surface area contributed by atoms with Crippen LogP contribution in [0.5, 0.6) is 5.75 Å². The molecule has 25 heavy (non-hydrogen) atoms. The van der Waals surface area contributed by atoms with Crippen LogP contribution in [0.15, 0.2) is 24.4 Å². The fraction of sp³-hybridized carbons (Fsp3) is 0.333. The maximum absolute atomic E-state index is 10.1. The Bertz CT molecular complexity index is 898. The lowest BCUT2D eigenvalue weighted by molar-refractivity contribution is 0.351. The van der Waals surface area contributed by atoms with E-state index < -0.39 is 7.12 Å². The van der Waals surface area contributed by atoms with Crippen LogP contribution in [0.1, 0.15) is 35.4 Å². The number of hydrogen-bond donors (Lipinski definition) is 3. The van der Waals surface area contributed by atoms with E-state index in [9.17, 15) is 5.02 Å². The third-order valence-corrected chi connectivity index (χ3v) is 5.24. The molecule has 1 aliphatic heterocycles. The highest BCUT2D eigenvalue weighted by atomic mass is 16.5. The van der Waals surface area contributed by atoms with Crippen molar-refractivity contribution in [1.82, 2.24) is 15.0 Å². The van der Waals surface area contributed by atoms with Gasteiger partial charge in [0.2, 0.25) is 5.95 Å². The largest absolute Gasteiger partial charge is 0.552 e. The maximum atomic E-state index is 10.1. The molecule has 0 atom stereocenters. The minimum Gasteiger partial charge on any atom is -0.531 e. The molecule has 7 heteroatoms. The molecule has 2 aromatic heterocycles. The van der Waals surface area contributed by atoms with E-state index in [1.165, 1.54) is 5.57 Å². The number of imidazole rings is 1. The zero-order valence-electron chi connectivity index (χ0n) is 14.0. The summed E-state index contributed by atoms with van der Waals surface area (Å²) in [6, 6.07) is 0.394. The van der Waals surface area contributed by atoms with E-state index >= 15 is 0 Å². The van der Waals surface area contributed by atoms with Gasteiger partial charge in [-0.1, -0.05) is 12.2 Å². The molecule has 2 aliphatic carbocycles. The van der Waals surface area contributed by atoms with Crippen molar-refractivity contribution in [2.45, 2.75) is 32.2 Å². The Hall–Kier alpha value is -2.54. The van der Waals surface area contributed by atoms with Crippen molar-refractivity contribution in [3.8, 4) is 5.75 Å². The van der Waals surface area contributed by atoms with Crippen LogP contribution in [-0.4, -0.2) is 33.1 Å². The molecule has 3 N–H and O–H groups in total. The lowest BCUT2D eigenvalue weighted by Crippen LogP contribution is -2.38. The summed E-state index contributed by atoms with van der Waals surface area (Å²) in [6.45, 7) is 2.00. The first-order valence-corrected chi connectivity index (χ1v) is 8.71. The number of rotatable bonds is 3. The summed E-state index contributed by atoms with van der Waals surface area (Å²) in [5, 5.41) is 13.5. The molecule has 6 nitrogen and oxygen atoms in total. The molecule has 2 aromatic rings. The fourth-order valence-electron chi connectivity index (χ4n) is 3.98. The smallest absolute Gasteiger partial charge is 0.531 e. The topological polar surface area (TPSA) is 83.1 Å². The van der Waals surface area contributed by atoms with Crippen LogP contribution in [-0.2, 0) is 6.42 Å². The Labute approximate surface area is 146 Å². The Morgan fingerprint density at radius 2 is 2.20 bits per heavy atom. The van der Waals surface area contributed by atoms with Crippen LogP contribution in [0.4, 0.5) is 5.95 Å². The van der Waals surface area contributed by atoms with Gasteiger partial charge in [-0.15, -0.1) is 0 Å². The van der Waals surface area contributed by atoms with Gasteiger partial charge >= 0.3 is 7.12 Å². The van der Waals surface area contributed by atoms with Gasteiger partial charge in [0, 0.05) is 35.5 Å². The van der Waals surface area contributed by atoms with E-state index in [1.807, 2.05) is 19.1 Å². The molecule has 0 saturated heterocycles. The van der Waals surface area contributed by atoms with Crippen molar-refractivity contribution in [2.24, 2.45) is 5.92 Å². The standard InChI is InChI=1S/C18H19BN4O2/c1-10-8-21-18(22-10)23-12-5-11(6-12)14-7-19(24)25-16-9-20-15-4-2-3-13(15)17(14)16/h2-3,7-9,11-12,24H,4-6H2,1H3,(H2,21,22,23). The lowest BCUT2D eigenvalue weighted by Gasteiger charge is -2.39. The van der Waals surface area contributed by atoms with Crippen LogP contribution >= 0.6 is 0 Å². The number of aromatic amines is 1. The molecular weight excluding hydrogens is 315 g/mol. The summed E-state index contributed by atoms with van der Waals surface area (Å²) in [4.78, 5) is 12.0. The quantitative estimate of drug-likeness (QED) is 0.751. The minimum absolute atomic E-state index is 0.394. The molecule has 126 valence electrons. The average molecular weight is 334 g/mol. The van der Waals surface area contributed by atoms with Gasteiger partial charge in [-0.05, 0) is 37.2 Å². The third-order valence-electron chi connectivity index (χ3n) is 5.24. The first-order chi connectivity index (χ1) is 12.2. The number of fused-ring (bicyclic) bond motifs is 3. The monoisotopic (exact) mass is 334 g/mol. The highest BCUT2D eigenvalue weighted by molar-refractivity contribution is 6.52. The van der Waals surface area contributed by atoms with Gasteiger partial charge in [-0.3, -0.25) is 4.98 Å². The molecule has 0 radical (unpaired) electrons. The highest BCUT2D eigenvalue weighted by Crippen LogP contribution is 2.46. The molecule has 0 aromatic carbocycles. The number of H-pyrrole nitrogens is 1. The molecule has 3 heterocycles. The van der Waals surface area contributed by atoms with Crippen LogP contribution in [0.25, 0.3) is 11.6 Å². The number of aromatic nitrogens is 3. The van der Waals surface area contributed by atoms with Gasteiger partial charge in [-0.25, -0.2) is 4.98 Å². The van der Waals surface area contributed by atoms with Gasteiger partial charge in [0.25, 0.3) is 0 Å². The molecule has 0 unspecified atom stereocenters. The molecule has 0 spiro atoms. The predicted octanol–water partition coefficient (Wildman–Crippen LogP) is 2.37. The molecule has 3 aliphatic rings. The number of nitrogens with zero attached hydrogens (tertiary/aromatic N) is 2. The van der Waals surface area contributed by atoms with Crippen molar-refractivity contribution in [1.29, 1.82) is 0 Å². The third kappa shape index (κ3) is 2.46. The first-order valence-electron chi connectivity index (χ1n) is 8.71. The molecule has 1 saturated carbocycles. The van der Waals surface area contributed by atoms with Crippen LogP contribution in [0, 0.1) is 12.8 Å². The average Bonchev–Trinajstić information content (AvgIpc) is 3.18. The summed E-state index contributed by atoms with van der Waals surface area (Å²) in [6.07, 6.45) is 10.7. The van der Waals surface area contributed by atoms with Gasteiger partial charge in [0.15, 0.2) is 0 Å². The zero-order chi connectivity index (χ0) is 17.0. The molecule has 5 rings (SSSR count). The summed E-state index contributed by atoms with van der Waals surface area (Å²) >= 11 is 0. The second kappa shape index (κ2) is 5.49. The zero-order valence-corrected chi connectivity index (χ0v) is 14.0. The Balaban J connectivity index is 1.38. The van der Waals surface area contributed by atoms with E-state index in [0.29, 0.717) is 17.7 Å². The number of nitrogens with one attached hydrogen (secondary N) is 2. The van der Waals surface area contributed by atoms with Gasteiger partial charge in [0.05, 0.1) is 11.9 Å². The van der Waals surface area contributed by atoms with Crippen molar-refractivity contribution in [3.63, 3.8) is 0 Å². The van der Waals surface area contributed by atoms with E-state index in [0.717, 1.165) is 47.7 Å². The van der Waals surface area contributed by atoms with Crippen LogP contribution < -0.4 is 9.97 Å². The second-order valence-corrected chi connectivity index (χ2v) is 7.02. The number of pyridine rings is 1. The van der Waals surface area contributed by atoms with Crippen molar-refractivity contribution < 1.29 is 9.68 Å². The lowest BCUT2D eigenvalue weighted by atomic mass is 9.68. The molecule has 0 amide bonds. The number of allylic oxidation sites excluding steroid dienone is 2. The summed E-state index contributed by atoms with van der Waals surface area (Å²) in [5.41, 5.74) is 5.59. The van der Waals surface area contributed by atoms with E-state index in [2.05, 4.69) is 32.4 Å². The van der Waals surface area contributed by atoms with Crippen molar-refractivity contribution in [2.75, 3.05) is 5.32 Å². The van der Waals surface area contributed by atoms with Gasteiger partial charge in [0.1, 0.15) is 5.75 Å². The van der Waals surface area contributed by atoms with E-state index in [-0.39, 0.29) is 0 Å². The van der Waals surface area contributed by atoms with E-state index in [4.69, 9.17) is 4.65 Å². The summed E-state index contributed by atoms with van der Waals surface area (Å²) < 4.78 is 5.58. The summed E-state index contributed by atoms with van der Waals surface area (Å²) in [7, 11) is -0.896. The molecule has 0 bridgehead atoms.